The first-order valence-electron chi connectivity index (χ1n) is 12.6. The van der Waals surface area contributed by atoms with Crippen LogP contribution in [-0.4, -0.2) is 73.1 Å². The Morgan fingerprint density at radius 2 is 2.05 bits per heavy atom. The van der Waals surface area contributed by atoms with Gasteiger partial charge < -0.3 is 10.4 Å². The standard InChI is InChI=1S/C26H30ClN5O5S2/c1-14-18(24-19-8-16(27)5-4-15(19)6-7-32(24)3)11-23(38-14)25(34)20-12-29-13-30-26(20)31-17-9-21(33)22(10-17)37-39(35,36)28-2/h4-5,8,11-13,17,21-22,24,28,33H,6-7,9-10H2,1-3H3,(H,29,30,31)/t17-,21+,22-,24+/m1/s1. The molecular weight excluding hydrogens is 562 g/mol. The van der Waals surface area contributed by atoms with E-state index in [0.29, 0.717) is 21.3 Å². The third kappa shape index (κ3) is 5.87. The van der Waals surface area contributed by atoms with Crippen LogP contribution in [-0.2, 0) is 20.9 Å². The first-order chi connectivity index (χ1) is 18.6. The summed E-state index contributed by atoms with van der Waals surface area (Å²) in [6.45, 7) is 2.91. The van der Waals surface area contributed by atoms with Crippen LogP contribution in [0.3, 0.4) is 0 Å². The van der Waals surface area contributed by atoms with Crippen molar-refractivity contribution in [2.45, 2.75) is 50.5 Å². The smallest absolute Gasteiger partial charge is 0.335 e. The van der Waals surface area contributed by atoms with Gasteiger partial charge in [-0.25, -0.2) is 9.97 Å². The van der Waals surface area contributed by atoms with Crippen molar-refractivity contribution in [3.63, 3.8) is 0 Å². The summed E-state index contributed by atoms with van der Waals surface area (Å²) in [4.78, 5) is 26.0. The van der Waals surface area contributed by atoms with Gasteiger partial charge in [0.05, 0.1) is 22.6 Å². The number of aromatic nitrogens is 2. The van der Waals surface area contributed by atoms with E-state index in [1.807, 2.05) is 25.1 Å². The van der Waals surface area contributed by atoms with Crippen LogP contribution in [0.25, 0.3) is 0 Å². The van der Waals surface area contributed by atoms with Gasteiger partial charge in [0.2, 0.25) is 5.78 Å². The molecule has 1 aliphatic heterocycles. The van der Waals surface area contributed by atoms with E-state index >= 15 is 0 Å². The first-order valence-corrected chi connectivity index (χ1v) is 15.2. The molecule has 3 N–H and O–H groups in total. The van der Waals surface area contributed by atoms with E-state index in [-0.39, 0.29) is 30.7 Å². The van der Waals surface area contributed by atoms with E-state index < -0.39 is 22.5 Å². The number of carbonyl (C=O) groups is 1. The second-order valence-corrected chi connectivity index (χ2v) is 13.1. The van der Waals surface area contributed by atoms with Crippen molar-refractivity contribution in [2.75, 3.05) is 26.0 Å². The fourth-order valence-corrected chi connectivity index (χ4v) is 7.16. The predicted octanol–water partition coefficient (Wildman–Crippen LogP) is 3.09. The van der Waals surface area contributed by atoms with Crippen molar-refractivity contribution in [2.24, 2.45) is 0 Å². The zero-order chi connectivity index (χ0) is 27.9. The maximum atomic E-state index is 13.7. The highest BCUT2D eigenvalue weighted by Crippen LogP contribution is 2.40. The van der Waals surface area contributed by atoms with Crippen molar-refractivity contribution in [1.82, 2.24) is 19.6 Å². The zero-order valence-electron chi connectivity index (χ0n) is 21.7. The Kier molecular flexibility index (Phi) is 8.07. The minimum atomic E-state index is -3.95. The Bertz CT molecular complexity index is 1500. The summed E-state index contributed by atoms with van der Waals surface area (Å²) in [5.41, 5.74) is 3.77. The molecule has 208 valence electrons. The number of aliphatic hydroxyl groups is 1. The van der Waals surface area contributed by atoms with Crippen LogP contribution in [0.5, 0.6) is 0 Å². The van der Waals surface area contributed by atoms with Gasteiger partial charge in [-0.1, -0.05) is 17.7 Å². The number of anilines is 1. The van der Waals surface area contributed by atoms with Gasteiger partial charge >= 0.3 is 10.3 Å². The quantitative estimate of drug-likeness (QED) is 0.338. The van der Waals surface area contributed by atoms with Crippen LogP contribution < -0.4 is 10.0 Å². The SMILES string of the molecule is CNS(=O)(=O)O[C@@H]1C[C@H](Nc2ncncc2C(=O)c2cc([C@H]3c4cc(Cl)ccc4CCN3C)c(C)s2)C[C@@H]1O. The number of hydrogen-bond acceptors (Lipinski definition) is 10. The van der Waals surface area contributed by atoms with E-state index in [2.05, 4.69) is 38.0 Å². The van der Waals surface area contributed by atoms with Gasteiger partial charge in [-0.05, 0) is 68.1 Å². The van der Waals surface area contributed by atoms with Gasteiger partial charge in [-0.2, -0.15) is 13.1 Å². The number of halogens is 1. The summed E-state index contributed by atoms with van der Waals surface area (Å²) in [5.74, 6) is 0.107. The lowest BCUT2D eigenvalue weighted by Gasteiger charge is -2.35. The third-order valence-corrected chi connectivity index (χ3v) is 9.62. The Balaban J connectivity index is 1.39. The van der Waals surface area contributed by atoms with Crippen molar-refractivity contribution >= 4 is 44.8 Å². The van der Waals surface area contributed by atoms with Gasteiger partial charge in [0, 0.05) is 35.7 Å². The summed E-state index contributed by atoms with van der Waals surface area (Å²) < 4.78 is 30.7. The first kappa shape index (κ1) is 28.1. The molecule has 3 aromatic rings. The van der Waals surface area contributed by atoms with Crippen molar-refractivity contribution in [3.8, 4) is 0 Å². The zero-order valence-corrected chi connectivity index (χ0v) is 24.1. The Labute approximate surface area is 236 Å². The van der Waals surface area contributed by atoms with Crippen molar-refractivity contribution < 1.29 is 22.5 Å². The molecule has 39 heavy (non-hydrogen) atoms. The number of fused-ring (bicyclic) bond motifs is 1. The van der Waals surface area contributed by atoms with E-state index in [1.54, 1.807) is 0 Å². The number of aliphatic hydroxyl groups excluding tert-OH is 1. The molecule has 4 atom stereocenters. The van der Waals surface area contributed by atoms with Crippen LogP contribution >= 0.6 is 22.9 Å². The highest BCUT2D eigenvalue weighted by molar-refractivity contribution is 7.84. The maximum Gasteiger partial charge on any atom is 0.335 e. The highest BCUT2D eigenvalue weighted by Gasteiger charge is 2.37. The van der Waals surface area contributed by atoms with E-state index in [1.165, 1.54) is 36.5 Å². The molecule has 0 amide bonds. The molecule has 0 unspecified atom stereocenters. The molecule has 13 heteroatoms. The second kappa shape index (κ2) is 11.2. The molecule has 1 fully saturated rings. The largest absolute Gasteiger partial charge is 0.390 e. The second-order valence-electron chi connectivity index (χ2n) is 9.89. The molecule has 0 bridgehead atoms. The summed E-state index contributed by atoms with van der Waals surface area (Å²) in [6.07, 6.45) is 2.31. The number of ketones is 1. The Morgan fingerprint density at radius 1 is 1.26 bits per heavy atom. The average Bonchev–Trinajstić information content (AvgIpc) is 3.44. The number of carbonyl (C=O) groups excluding carboxylic acids is 1. The van der Waals surface area contributed by atoms with E-state index in [0.717, 1.165) is 29.0 Å². The Morgan fingerprint density at radius 3 is 2.82 bits per heavy atom. The number of likely N-dealkylation sites (N-methyl/N-ethyl adjacent to an activating group) is 1. The topological polar surface area (TPSA) is 134 Å². The molecule has 0 radical (unpaired) electrons. The Hall–Kier alpha value is -2.45. The number of thiophene rings is 1. The predicted molar refractivity (Wildman–Crippen MR) is 150 cm³/mol. The number of aryl methyl sites for hydroxylation is 1. The van der Waals surface area contributed by atoms with Gasteiger partial charge in [0.25, 0.3) is 0 Å². The monoisotopic (exact) mass is 591 g/mol. The third-order valence-electron chi connectivity index (χ3n) is 7.32. The summed E-state index contributed by atoms with van der Waals surface area (Å²) >= 11 is 7.78. The lowest BCUT2D eigenvalue weighted by molar-refractivity contribution is 0.0636. The van der Waals surface area contributed by atoms with Crippen LogP contribution in [0.2, 0.25) is 5.02 Å². The molecule has 5 rings (SSSR count). The van der Waals surface area contributed by atoms with Crippen molar-refractivity contribution in [1.29, 1.82) is 0 Å². The van der Waals surface area contributed by atoms with Gasteiger partial charge in [-0.15, -0.1) is 11.3 Å². The fourth-order valence-electron chi connectivity index (χ4n) is 5.34. The molecule has 2 aliphatic rings. The van der Waals surface area contributed by atoms with Crippen LogP contribution in [0, 0.1) is 6.92 Å². The molecule has 1 aromatic carbocycles. The van der Waals surface area contributed by atoms with E-state index in [9.17, 15) is 18.3 Å². The lowest BCUT2D eigenvalue weighted by Crippen LogP contribution is -2.33. The van der Waals surface area contributed by atoms with Gasteiger partial charge in [0.1, 0.15) is 18.2 Å². The summed E-state index contributed by atoms with van der Waals surface area (Å²) in [6, 6.07) is 7.59. The molecule has 2 aromatic heterocycles. The van der Waals surface area contributed by atoms with Gasteiger partial charge in [-0.3, -0.25) is 13.9 Å². The van der Waals surface area contributed by atoms with Crippen LogP contribution in [0.4, 0.5) is 5.82 Å². The molecule has 1 saturated carbocycles. The molecule has 10 nitrogen and oxygen atoms in total. The normalized spacial score (nSPS) is 23.5. The highest BCUT2D eigenvalue weighted by atomic mass is 35.5. The summed E-state index contributed by atoms with van der Waals surface area (Å²) in [5, 5.41) is 14.2. The molecule has 0 saturated heterocycles. The summed E-state index contributed by atoms with van der Waals surface area (Å²) in [7, 11) is -0.635. The molecule has 3 heterocycles. The number of hydrogen-bond donors (Lipinski definition) is 3. The maximum absolute atomic E-state index is 13.7. The number of benzene rings is 1. The van der Waals surface area contributed by atoms with Gasteiger partial charge in [0.15, 0.2) is 0 Å². The van der Waals surface area contributed by atoms with Crippen LogP contribution in [0.15, 0.2) is 36.8 Å². The number of rotatable bonds is 8. The average molecular weight is 592 g/mol. The minimum absolute atomic E-state index is 0.0133. The lowest BCUT2D eigenvalue weighted by atomic mass is 9.88. The van der Waals surface area contributed by atoms with Crippen molar-refractivity contribution in [3.05, 3.63) is 73.8 Å². The number of nitrogens with zero attached hydrogens (tertiary/aromatic N) is 3. The molecule has 0 spiro atoms. The molecule has 1 aliphatic carbocycles. The van der Waals surface area contributed by atoms with Crippen LogP contribution in [0.1, 0.15) is 55.7 Å². The fraction of sp³-hybridized carbons (Fsp3) is 0.423. The minimum Gasteiger partial charge on any atom is -0.390 e. The van der Waals surface area contributed by atoms with E-state index in [4.69, 9.17) is 15.8 Å². The molecular formula is C26H30ClN5O5S2. The number of nitrogens with one attached hydrogen (secondary N) is 2.